The molecular weight excluding hydrogens is 540 g/mol. The Bertz CT molecular complexity index is 1750. The summed E-state index contributed by atoms with van der Waals surface area (Å²) in [6.07, 6.45) is 3.13. The summed E-state index contributed by atoms with van der Waals surface area (Å²) in [5.41, 5.74) is 4.67. The average Bonchev–Trinajstić information content (AvgIpc) is 3.18. The van der Waals surface area contributed by atoms with E-state index in [9.17, 15) is 9.59 Å². The SMILES string of the molecule is CC(C)n1c(=O)c2cnc(Nc3ccc4c(c3)CN(C(=O)OC(C)(C)C)CC4(C)C)cc2n1-c1ccnc(C(C)(C)C)c1. The summed E-state index contributed by atoms with van der Waals surface area (Å²) in [5.74, 6) is 0.617. The number of pyridine rings is 2. The first-order valence-electron chi connectivity index (χ1n) is 14.9. The average molecular weight is 585 g/mol. The van der Waals surface area contributed by atoms with Gasteiger partial charge in [0, 0.05) is 59.8 Å². The maximum absolute atomic E-state index is 13.5. The number of anilines is 2. The summed E-state index contributed by atoms with van der Waals surface area (Å²) in [6, 6.07) is 12.1. The number of aromatic nitrogens is 4. The van der Waals surface area contributed by atoms with E-state index in [1.165, 1.54) is 5.56 Å². The Hall–Kier alpha value is -4.14. The fourth-order valence-corrected chi connectivity index (χ4v) is 5.76. The van der Waals surface area contributed by atoms with E-state index in [0.717, 1.165) is 28.1 Å². The van der Waals surface area contributed by atoms with Gasteiger partial charge in [0.1, 0.15) is 11.4 Å². The summed E-state index contributed by atoms with van der Waals surface area (Å²) in [6.45, 7) is 21.4. The molecule has 0 unspecified atom stereocenters. The molecule has 0 spiro atoms. The predicted molar refractivity (Wildman–Crippen MR) is 172 cm³/mol. The summed E-state index contributed by atoms with van der Waals surface area (Å²) >= 11 is 0. The normalized spacial score (nSPS) is 15.1. The Morgan fingerprint density at radius 2 is 1.74 bits per heavy atom. The van der Waals surface area contributed by atoms with Gasteiger partial charge in [-0.2, -0.15) is 0 Å². The van der Waals surface area contributed by atoms with E-state index in [1.807, 2.05) is 63.6 Å². The number of amides is 1. The van der Waals surface area contributed by atoms with Crippen molar-refractivity contribution < 1.29 is 9.53 Å². The van der Waals surface area contributed by atoms with E-state index in [4.69, 9.17) is 4.74 Å². The number of hydrogen-bond donors (Lipinski definition) is 1. The van der Waals surface area contributed by atoms with Crippen LogP contribution in [-0.4, -0.2) is 42.5 Å². The van der Waals surface area contributed by atoms with Crippen LogP contribution < -0.4 is 10.9 Å². The number of ether oxygens (including phenoxy) is 1. The Labute approximate surface area is 253 Å². The first kappa shape index (κ1) is 30.3. The molecule has 0 bridgehead atoms. The number of nitrogens with one attached hydrogen (secondary N) is 1. The van der Waals surface area contributed by atoms with Crippen LogP contribution in [0.25, 0.3) is 16.6 Å². The zero-order valence-corrected chi connectivity index (χ0v) is 27.1. The Balaban J connectivity index is 1.53. The van der Waals surface area contributed by atoms with Gasteiger partial charge >= 0.3 is 6.09 Å². The summed E-state index contributed by atoms with van der Waals surface area (Å²) in [7, 11) is 0. The molecule has 43 heavy (non-hydrogen) atoms. The van der Waals surface area contributed by atoms with Gasteiger partial charge in [0.2, 0.25) is 0 Å². The number of fused-ring (bicyclic) bond motifs is 2. The molecule has 1 aliphatic heterocycles. The molecular formula is C34H44N6O3. The van der Waals surface area contributed by atoms with Crippen molar-refractivity contribution in [2.24, 2.45) is 0 Å². The largest absolute Gasteiger partial charge is 0.444 e. The van der Waals surface area contributed by atoms with Crippen LogP contribution in [0.3, 0.4) is 0 Å². The van der Waals surface area contributed by atoms with Gasteiger partial charge in [0.05, 0.1) is 16.6 Å². The van der Waals surface area contributed by atoms with Gasteiger partial charge < -0.3 is 15.0 Å². The van der Waals surface area contributed by atoms with E-state index in [-0.39, 0.29) is 28.5 Å². The van der Waals surface area contributed by atoms with Gasteiger partial charge in [-0.3, -0.25) is 9.78 Å². The van der Waals surface area contributed by atoms with Crippen molar-refractivity contribution in [1.82, 2.24) is 24.2 Å². The molecule has 0 saturated carbocycles. The van der Waals surface area contributed by atoms with Crippen molar-refractivity contribution in [2.45, 2.75) is 98.3 Å². The Morgan fingerprint density at radius 3 is 2.40 bits per heavy atom. The second-order valence-electron chi connectivity index (χ2n) is 14.5. The molecule has 9 nitrogen and oxygen atoms in total. The molecule has 1 aromatic carbocycles. The fourth-order valence-electron chi connectivity index (χ4n) is 5.76. The highest BCUT2D eigenvalue weighted by Crippen LogP contribution is 2.36. The molecule has 0 aliphatic carbocycles. The Kier molecular flexibility index (Phi) is 7.43. The lowest BCUT2D eigenvalue weighted by atomic mass is 9.78. The van der Waals surface area contributed by atoms with Crippen LogP contribution in [0, 0.1) is 0 Å². The highest BCUT2D eigenvalue weighted by molar-refractivity contribution is 5.83. The zero-order chi connectivity index (χ0) is 31.5. The van der Waals surface area contributed by atoms with Crippen LogP contribution in [0.1, 0.15) is 92.1 Å². The molecule has 0 atom stereocenters. The third kappa shape index (κ3) is 6.03. The summed E-state index contributed by atoms with van der Waals surface area (Å²) in [5, 5.41) is 3.99. The third-order valence-electron chi connectivity index (χ3n) is 7.72. The van der Waals surface area contributed by atoms with E-state index >= 15 is 0 Å². The van der Waals surface area contributed by atoms with Gasteiger partial charge in [0.15, 0.2) is 0 Å². The quantitative estimate of drug-likeness (QED) is 0.272. The topological polar surface area (TPSA) is 94.3 Å². The number of benzene rings is 1. The lowest BCUT2D eigenvalue weighted by Gasteiger charge is -2.40. The van der Waals surface area contributed by atoms with Crippen LogP contribution in [0.2, 0.25) is 0 Å². The standard InChI is InChI=1S/C34H44N6O3/c1-21(2)39-30(41)25-18-36-29(17-27(25)40(39)24-13-14-35-28(16-24)32(3,4)5)37-23-11-12-26-22(15-23)19-38(20-34(26,9)10)31(42)43-33(6,7)8/h11-18,21H,19-20H2,1-10H3,(H,36,37). The third-order valence-corrected chi connectivity index (χ3v) is 7.72. The van der Waals surface area contributed by atoms with Crippen LogP contribution in [0.15, 0.2) is 53.6 Å². The second-order valence-corrected chi connectivity index (χ2v) is 14.5. The van der Waals surface area contributed by atoms with Crippen LogP contribution in [-0.2, 0) is 22.1 Å². The monoisotopic (exact) mass is 584 g/mol. The molecule has 0 fully saturated rings. The van der Waals surface area contributed by atoms with Crippen LogP contribution in [0.4, 0.5) is 16.3 Å². The number of hydrogen-bond acceptors (Lipinski definition) is 6. The van der Waals surface area contributed by atoms with E-state index in [2.05, 4.69) is 62.0 Å². The van der Waals surface area contributed by atoms with Crippen molar-refractivity contribution >= 4 is 28.5 Å². The van der Waals surface area contributed by atoms with Crippen LogP contribution >= 0.6 is 0 Å². The maximum Gasteiger partial charge on any atom is 0.410 e. The fraction of sp³-hybridized carbons (Fsp3) is 0.471. The van der Waals surface area contributed by atoms with Crippen molar-refractivity contribution in [3.05, 3.63) is 76.0 Å². The minimum Gasteiger partial charge on any atom is -0.444 e. The van der Waals surface area contributed by atoms with Gasteiger partial charge in [-0.05, 0) is 70.0 Å². The summed E-state index contributed by atoms with van der Waals surface area (Å²) in [4.78, 5) is 37.5. The highest BCUT2D eigenvalue weighted by Gasteiger charge is 2.35. The predicted octanol–water partition coefficient (Wildman–Crippen LogP) is 7.23. The first-order chi connectivity index (χ1) is 19.9. The molecule has 9 heteroatoms. The molecule has 0 radical (unpaired) electrons. The second kappa shape index (κ2) is 10.5. The highest BCUT2D eigenvalue weighted by atomic mass is 16.6. The molecule has 0 saturated heterocycles. The molecule has 3 aromatic heterocycles. The lowest BCUT2D eigenvalue weighted by Crippen LogP contribution is -2.46. The van der Waals surface area contributed by atoms with Gasteiger partial charge in [-0.1, -0.05) is 40.7 Å². The first-order valence-corrected chi connectivity index (χ1v) is 14.9. The minimum atomic E-state index is -0.560. The maximum atomic E-state index is 13.5. The van der Waals surface area contributed by atoms with Gasteiger partial charge in [-0.25, -0.2) is 19.1 Å². The molecule has 1 N–H and O–H groups in total. The van der Waals surface area contributed by atoms with E-state index in [1.54, 1.807) is 22.0 Å². The minimum absolute atomic E-state index is 0.0699. The molecule has 4 aromatic rings. The molecule has 228 valence electrons. The Morgan fingerprint density at radius 1 is 1.02 bits per heavy atom. The van der Waals surface area contributed by atoms with Crippen molar-refractivity contribution in [3.63, 3.8) is 0 Å². The number of nitrogens with zero attached hydrogens (tertiary/aromatic N) is 5. The van der Waals surface area contributed by atoms with E-state index < -0.39 is 5.60 Å². The van der Waals surface area contributed by atoms with Crippen molar-refractivity contribution in [2.75, 3.05) is 11.9 Å². The number of carbonyl (C=O) groups is 1. The summed E-state index contributed by atoms with van der Waals surface area (Å²) < 4.78 is 9.42. The molecule has 4 heterocycles. The van der Waals surface area contributed by atoms with Crippen molar-refractivity contribution in [3.8, 4) is 5.69 Å². The van der Waals surface area contributed by atoms with Crippen LogP contribution in [0.5, 0.6) is 0 Å². The number of carbonyl (C=O) groups excluding carboxylic acids is 1. The van der Waals surface area contributed by atoms with Gasteiger partial charge in [0.25, 0.3) is 5.56 Å². The zero-order valence-electron chi connectivity index (χ0n) is 27.1. The molecule has 1 aliphatic rings. The number of rotatable bonds is 4. The molecule has 1 amide bonds. The molecule has 5 rings (SSSR count). The lowest BCUT2D eigenvalue weighted by molar-refractivity contribution is 0.0174. The van der Waals surface area contributed by atoms with E-state index in [0.29, 0.717) is 24.3 Å². The smallest absolute Gasteiger partial charge is 0.410 e. The van der Waals surface area contributed by atoms with Gasteiger partial charge in [-0.15, -0.1) is 0 Å². The van der Waals surface area contributed by atoms with Crippen molar-refractivity contribution in [1.29, 1.82) is 0 Å².